The van der Waals surface area contributed by atoms with Crippen molar-refractivity contribution in [2.75, 3.05) is 11.5 Å². The number of carboxylic acids is 2. The van der Waals surface area contributed by atoms with Crippen molar-refractivity contribution >= 4 is 68.6 Å². The second kappa shape index (κ2) is 13.8. The van der Waals surface area contributed by atoms with E-state index in [1.807, 2.05) is 47.2 Å². The maximum Gasteiger partial charge on any atom is 0.352 e. The highest BCUT2D eigenvalue weighted by atomic mass is 32.2. The number of nitrogens with one attached hydrogen (secondary N) is 1. The molecule has 1 fully saturated rings. The summed E-state index contributed by atoms with van der Waals surface area (Å²) in [5, 5.41) is 46.8. The quantitative estimate of drug-likeness (QED) is 0.0431. The summed E-state index contributed by atoms with van der Waals surface area (Å²) in [4.78, 5) is 61.3. The van der Waals surface area contributed by atoms with Crippen molar-refractivity contribution in [1.82, 2.24) is 15.2 Å². The number of thiazole rings is 1. The summed E-state index contributed by atoms with van der Waals surface area (Å²) in [7, 11) is 0. The molecule has 3 unspecified atom stereocenters. The molecule has 2 amide bonds. The number of benzene rings is 2. The maximum atomic E-state index is 14.0. The van der Waals surface area contributed by atoms with Gasteiger partial charge in [-0.15, -0.1) is 23.1 Å². The summed E-state index contributed by atoms with van der Waals surface area (Å²) in [6.07, 6.45) is 3.31. The predicted molar refractivity (Wildman–Crippen MR) is 177 cm³/mol. The smallest absolute Gasteiger partial charge is 0.352 e. The van der Waals surface area contributed by atoms with Crippen LogP contribution in [0.1, 0.15) is 17.4 Å². The van der Waals surface area contributed by atoms with E-state index >= 15 is 0 Å². The largest absolute Gasteiger partial charge is 0.504 e. The van der Waals surface area contributed by atoms with Crippen LogP contribution in [0.5, 0.6) is 11.5 Å². The highest BCUT2D eigenvalue weighted by Crippen LogP contribution is 2.41. The lowest BCUT2D eigenvalue weighted by Crippen LogP contribution is -2.71. The van der Waals surface area contributed by atoms with E-state index in [1.165, 1.54) is 17.1 Å². The molecule has 2 aliphatic rings. The highest BCUT2D eigenvalue weighted by Gasteiger charge is 2.54. The van der Waals surface area contributed by atoms with E-state index in [1.54, 1.807) is 12.2 Å². The van der Waals surface area contributed by atoms with E-state index < -0.39 is 69.9 Å². The lowest BCUT2D eigenvalue weighted by molar-refractivity contribution is -0.661. The molecule has 4 heterocycles. The molecular weight excluding hydrogens is 696 g/mol. The van der Waals surface area contributed by atoms with Crippen LogP contribution in [-0.2, 0) is 30.6 Å². The molecule has 15 nitrogen and oxygen atoms in total. The number of para-hydroxylation sites is 1. The van der Waals surface area contributed by atoms with Gasteiger partial charge in [0.2, 0.25) is 11.6 Å². The number of thioether (sulfide) groups is 1. The van der Waals surface area contributed by atoms with Gasteiger partial charge in [0, 0.05) is 34.2 Å². The number of aliphatic carboxylic acids is 2. The van der Waals surface area contributed by atoms with Gasteiger partial charge in [-0.05, 0) is 35.9 Å². The number of aromatic nitrogens is 2. The van der Waals surface area contributed by atoms with Gasteiger partial charge in [-0.3, -0.25) is 14.5 Å². The van der Waals surface area contributed by atoms with Crippen LogP contribution in [0.2, 0.25) is 0 Å². The molecule has 7 N–H and O–H groups in total. The molecule has 2 aliphatic heterocycles. The number of phenolic OH excluding ortho intramolecular Hbond substituents is 2. The van der Waals surface area contributed by atoms with Crippen LogP contribution in [0.3, 0.4) is 0 Å². The summed E-state index contributed by atoms with van der Waals surface area (Å²) in [5.74, 6) is -7.94. The van der Waals surface area contributed by atoms with Crippen molar-refractivity contribution in [2.45, 2.75) is 24.1 Å². The van der Waals surface area contributed by atoms with Crippen molar-refractivity contribution in [2.24, 2.45) is 5.16 Å². The number of rotatable bonds is 11. The zero-order valence-corrected chi connectivity index (χ0v) is 27.1. The average molecular weight is 722 g/mol. The number of carbonyl (C=O) groups excluding carboxylic acids is 2. The number of carboxylic acid groups (broad SMARTS) is 2. The third-order valence-electron chi connectivity index (χ3n) is 7.72. The first-order chi connectivity index (χ1) is 23.9. The molecule has 3 atom stereocenters. The third-order valence-corrected chi connectivity index (χ3v) is 9.69. The Morgan fingerprint density at radius 2 is 1.96 bits per heavy atom. The van der Waals surface area contributed by atoms with Crippen LogP contribution < -0.4 is 15.6 Å². The minimum Gasteiger partial charge on any atom is -0.504 e. The second-order valence-corrected chi connectivity index (χ2v) is 12.9. The Kier molecular flexibility index (Phi) is 9.38. The second-order valence-electron chi connectivity index (χ2n) is 10.9. The van der Waals surface area contributed by atoms with E-state index in [-0.39, 0.29) is 22.3 Å². The molecule has 2 aromatic carbocycles. The Morgan fingerprint density at radius 3 is 2.66 bits per heavy atom. The van der Waals surface area contributed by atoms with Crippen LogP contribution in [0.4, 0.5) is 9.52 Å². The van der Waals surface area contributed by atoms with Gasteiger partial charge in [0.1, 0.15) is 22.8 Å². The molecular formula is C32H26FN6O9S2+. The zero-order chi connectivity index (χ0) is 35.7. The number of nitrogens with zero attached hydrogens (tertiary/aromatic N) is 4. The fraction of sp³-hybridized carbons (Fsp3) is 0.156. The molecule has 18 heteroatoms. The molecule has 50 heavy (non-hydrogen) atoms. The number of oxime groups is 1. The fourth-order valence-corrected chi connectivity index (χ4v) is 7.25. The molecule has 0 spiro atoms. The Balaban J connectivity index is 1.21. The Morgan fingerprint density at radius 1 is 1.20 bits per heavy atom. The topological polar surface area (TPSA) is 229 Å². The minimum atomic E-state index is -2.06. The van der Waals surface area contributed by atoms with Crippen molar-refractivity contribution in [1.29, 1.82) is 0 Å². The number of nitrogen functional groups attached to an aromatic ring is 1. The van der Waals surface area contributed by atoms with Gasteiger partial charge in [-0.2, -0.15) is 4.57 Å². The predicted octanol–water partition coefficient (Wildman–Crippen LogP) is 2.26. The Hall–Kier alpha value is -6.01. The number of nitrogens with two attached hydrogens (primary N) is 1. The van der Waals surface area contributed by atoms with Crippen molar-refractivity contribution < 1.29 is 53.4 Å². The number of anilines is 1. The van der Waals surface area contributed by atoms with Crippen LogP contribution in [0.25, 0.3) is 10.9 Å². The number of halogens is 1. The van der Waals surface area contributed by atoms with Crippen LogP contribution >= 0.6 is 23.1 Å². The molecule has 256 valence electrons. The summed E-state index contributed by atoms with van der Waals surface area (Å²) in [6.45, 7) is 0.440. The highest BCUT2D eigenvalue weighted by molar-refractivity contribution is 8.00. The van der Waals surface area contributed by atoms with Crippen LogP contribution in [0, 0.1) is 5.82 Å². The number of amides is 2. The maximum absolute atomic E-state index is 14.0. The number of phenols is 2. The molecule has 0 bridgehead atoms. The number of pyridine rings is 1. The number of fused-ring (bicyclic) bond motifs is 2. The molecule has 4 aromatic rings. The molecule has 6 rings (SSSR count). The number of aromatic hydroxyl groups is 2. The number of hydrogen-bond acceptors (Lipinski definition) is 12. The van der Waals surface area contributed by atoms with Crippen molar-refractivity contribution in [3.05, 3.63) is 101 Å². The molecule has 2 aromatic heterocycles. The number of β-lactam (4-membered cyclic amide) rings is 1. The number of carbonyl (C=O) groups is 4. The molecule has 1 saturated heterocycles. The average Bonchev–Trinajstić information content (AvgIpc) is 3.52. The molecule has 0 aliphatic carbocycles. The first kappa shape index (κ1) is 33.9. The van der Waals surface area contributed by atoms with Gasteiger partial charge in [0.05, 0.1) is 0 Å². The van der Waals surface area contributed by atoms with Crippen molar-refractivity contribution in [3.63, 3.8) is 0 Å². The molecule has 0 radical (unpaired) electrons. The summed E-state index contributed by atoms with van der Waals surface area (Å²) in [6, 6.07) is 11.8. The fourth-order valence-electron chi connectivity index (χ4n) is 5.38. The van der Waals surface area contributed by atoms with E-state index in [2.05, 4.69) is 15.5 Å². The van der Waals surface area contributed by atoms with E-state index in [4.69, 9.17) is 10.6 Å². The van der Waals surface area contributed by atoms with Crippen molar-refractivity contribution in [3.8, 4) is 11.5 Å². The molecule has 0 saturated carbocycles. The minimum absolute atomic E-state index is 0.0187. The summed E-state index contributed by atoms with van der Waals surface area (Å²) >= 11 is 2.15. The number of allylic oxidation sites excluding steroid dienone is 2. The normalized spacial score (nSPS) is 18.1. The van der Waals surface area contributed by atoms with Gasteiger partial charge in [0.25, 0.3) is 11.8 Å². The van der Waals surface area contributed by atoms with E-state index in [9.17, 15) is 44.0 Å². The SMILES string of the molecule is Nc1nc(C(=NOC(C(=O)O)c2cc(O)c(O)c(F)c2)C(=O)NC2C(=O)N3C(C(=O)O)=C(C=CC[n+]4cccc5ccccc54)CSC23)cs1. The van der Waals surface area contributed by atoms with Gasteiger partial charge in [-0.1, -0.05) is 23.4 Å². The van der Waals surface area contributed by atoms with Gasteiger partial charge >= 0.3 is 11.9 Å². The zero-order valence-electron chi connectivity index (χ0n) is 25.5. The van der Waals surface area contributed by atoms with Gasteiger partial charge in [0.15, 0.2) is 40.9 Å². The van der Waals surface area contributed by atoms with Crippen LogP contribution in [0.15, 0.2) is 88.7 Å². The Bertz CT molecular complexity index is 2120. The first-order valence-corrected chi connectivity index (χ1v) is 16.5. The Labute approximate surface area is 289 Å². The van der Waals surface area contributed by atoms with Gasteiger partial charge in [-0.25, -0.2) is 19.0 Å². The summed E-state index contributed by atoms with van der Waals surface area (Å²) in [5.41, 5.74) is 5.70. The monoisotopic (exact) mass is 721 g/mol. The van der Waals surface area contributed by atoms with E-state index in [0.29, 0.717) is 18.2 Å². The third kappa shape index (κ3) is 6.52. The standard InChI is InChI=1S/C32H25FN6O9S2/c33-18-11-17(12-21(40)25(18)41)26(31(46)47)48-37-22(19-14-50-32(34)35-19)27(42)36-23-28(43)39-24(30(44)45)16(13-49-29(23)39)7-4-10-38-9-3-6-15-5-1-2-8-20(15)38/h1-9,11-12,14,23,26,29H,10,13H2,(H6-,34,35,36,37,40,41,42,44,45,46,47)/p+1. The number of hydrogen-bond donors (Lipinski definition) is 6. The summed E-state index contributed by atoms with van der Waals surface area (Å²) < 4.78 is 16.0. The lowest BCUT2D eigenvalue weighted by Gasteiger charge is -2.49. The lowest BCUT2D eigenvalue weighted by atomic mass is 10.0. The van der Waals surface area contributed by atoms with Gasteiger partial charge < -0.3 is 36.3 Å². The van der Waals surface area contributed by atoms with E-state index in [0.717, 1.165) is 33.2 Å². The van der Waals surface area contributed by atoms with Crippen LogP contribution in [-0.4, -0.2) is 76.9 Å². The first-order valence-electron chi connectivity index (χ1n) is 14.6.